The molecule has 0 fully saturated rings. The summed E-state index contributed by atoms with van der Waals surface area (Å²) in [5.41, 5.74) is 10.4. The van der Waals surface area contributed by atoms with E-state index in [4.69, 9.17) is 5.73 Å². The Morgan fingerprint density at radius 2 is 2.04 bits per heavy atom. The fraction of sp³-hybridized carbons (Fsp3) is 0.182. The summed E-state index contributed by atoms with van der Waals surface area (Å²) in [7, 11) is 2.04. The van der Waals surface area contributed by atoms with Gasteiger partial charge < -0.3 is 11.1 Å². The van der Waals surface area contributed by atoms with E-state index in [-0.39, 0.29) is 5.91 Å². The summed E-state index contributed by atoms with van der Waals surface area (Å²) in [6, 6.07) is 17.4. The highest BCUT2D eigenvalue weighted by Crippen LogP contribution is 2.20. The number of nitrogen functional groups attached to an aromatic ring is 1. The molecule has 0 aliphatic carbocycles. The summed E-state index contributed by atoms with van der Waals surface area (Å²) in [5.74, 6) is -0.0449. The molecule has 4 N–H and O–H groups in total. The molecule has 1 amide bonds. The van der Waals surface area contributed by atoms with Gasteiger partial charge in [-0.1, -0.05) is 36.4 Å². The monoisotopic (exact) mass is 375 g/mol. The Hall–Kier alpha value is -3.38. The molecule has 0 aliphatic rings. The third kappa shape index (κ3) is 5.82. The number of nitrogens with zero attached hydrogens (tertiary/aromatic N) is 2. The molecule has 0 atom stereocenters. The number of likely N-dealkylation sites (N-methyl/N-ethyl adjacent to an activating group) is 1. The van der Waals surface area contributed by atoms with Crippen molar-refractivity contribution in [1.82, 2.24) is 15.1 Å². The van der Waals surface area contributed by atoms with Crippen LogP contribution in [0.3, 0.4) is 0 Å². The number of hydrogen-bond donors (Lipinski definition) is 3. The van der Waals surface area contributed by atoms with Crippen LogP contribution >= 0.6 is 0 Å². The summed E-state index contributed by atoms with van der Waals surface area (Å²) >= 11 is 0. The van der Waals surface area contributed by atoms with Gasteiger partial charge in [0.1, 0.15) is 0 Å². The maximum Gasteiger partial charge on any atom is 0.228 e. The molecular weight excluding hydrogens is 350 g/mol. The summed E-state index contributed by atoms with van der Waals surface area (Å²) in [6.07, 6.45) is 5.94. The van der Waals surface area contributed by atoms with E-state index in [9.17, 15) is 4.79 Å². The number of carbonyl (C=O) groups excluding carboxylic acids is 1. The number of aromatic amines is 1. The van der Waals surface area contributed by atoms with Gasteiger partial charge >= 0.3 is 0 Å². The molecule has 0 aliphatic heterocycles. The van der Waals surface area contributed by atoms with Crippen molar-refractivity contribution < 1.29 is 4.79 Å². The number of nitrogens with two attached hydrogens (primary N) is 1. The van der Waals surface area contributed by atoms with Gasteiger partial charge in [0.2, 0.25) is 5.91 Å². The molecule has 28 heavy (non-hydrogen) atoms. The van der Waals surface area contributed by atoms with Crippen LogP contribution in [0.25, 0.3) is 11.3 Å². The van der Waals surface area contributed by atoms with Gasteiger partial charge in [0.15, 0.2) is 0 Å². The first-order valence-electron chi connectivity index (χ1n) is 9.18. The van der Waals surface area contributed by atoms with Gasteiger partial charge in [-0.15, -0.1) is 0 Å². The molecule has 1 heterocycles. The van der Waals surface area contributed by atoms with Crippen molar-refractivity contribution >= 4 is 17.3 Å². The molecule has 144 valence electrons. The predicted molar refractivity (Wildman–Crippen MR) is 114 cm³/mol. The second-order valence-corrected chi connectivity index (χ2v) is 6.72. The van der Waals surface area contributed by atoms with E-state index in [1.165, 1.54) is 5.56 Å². The van der Waals surface area contributed by atoms with Gasteiger partial charge in [-0.05, 0) is 42.9 Å². The molecule has 0 bridgehead atoms. The van der Waals surface area contributed by atoms with E-state index >= 15 is 0 Å². The number of rotatable bonds is 8. The van der Waals surface area contributed by atoms with Crippen LogP contribution in [-0.4, -0.2) is 34.6 Å². The van der Waals surface area contributed by atoms with Gasteiger partial charge in [-0.3, -0.25) is 14.8 Å². The summed E-state index contributed by atoms with van der Waals surface area (Å²) in [5, 5.41) is 9.80. The van der Waals surface area contributed by atoms with E-state index in [0.717, 1.165) is 35.7 Å². The van der Waals surface area contributed by atoms with Crippen molar-refractivity contribution in [2.45, 2.75) is 13.0 Å². The lowest BCUT2D eigenvalue weighted by molar-refractivity contribution is -0.115. The first-order chi connectivity index (χ1) is 13.6. The van der Waals surface area contributed by atoms with E-state index < -0.39 is 0 Å². The molecule has 0 radical (unpaired) electrons. The Balaban J connectivity index is 1.44. The van der Waals surface area contributed by atoms with Crippen molar-refractivity contribution in [3.05, 3.63) is 78.5 Å². The zero-order chi connectivity index (χ0) is 19.8. The molecule has 3 aromatic rings. The van der Waals surface area contributed by atoms with Crippen LogP contribution < -0.4 is 11.1 Å². The molecule has 0 saturated heterocycles. The van der Waals surface area contributed by atoms with E-state index in [2.05, 4.69) is 26.5 Å². The lowest BCUT2D eigenvalue weighted by atomic mass is 10.1. The smallest absolute Gasteiger partial charge is 0.228 e. The zero-order valence-electron chi connectivity index (χ0n) is 15.9. The van der Waals surface area contributed by atoms with E-state index in [1.807, 2.05) is 67.7 Å². The van der Waals surface area contributed by atoms with Crippen LogP contribution in [-0.2, 0) is 11.3 Å². The highest BCUT2D eigenvalue weighted by molar-refractivity contribution is 5.92. The minimum atomic E-state index is -0.0449. The van der Waals surface area contributed by atoms with Crippen molar-refractivity contribution in [1.29, 1.82) is 0 Å². The first-order valence-corrected chi connectivity index (χ1v) is 9.18. The number of hydrogen-bond acceptors (Lipinski definition) is 4. The zero-order valence-corrected chi connectivity index (χ0v) is 15.9. The molecule has 0 unspecified atom stereocenters. The highest BCUT2D eigenvalue weighted by atomic mass is 16.1. The van der Waals surface area contributed by atoms with Crippen molar-refractivity contribution in [2.75, 3.05) is 24.6 Å². The number of benzene rings is 2. The molecule has 6 nitrogen and oxygen atoms in total. The molecule has 2 aromatic carbocycles. The number of nitrogens with one attached hydrogen (secondary N) is 2. The Bertz CT molecular complexity index is 934. The largest absolute Gasteiger partial charge is 0.399 e. The van der Waals surface area contributed by atoms with Gasteiger partial charge in [0.05, 0.1) is 5.69 Å². The molecule has 3 rings (SSSR count). The topological polar surface area (TPSA) is 87.0 Å². The van der Waals surface area contributed by atoms with E-state index in [1.54, 1.807) is 6.20 Å². The lowest BCUT2D eigenvalue weighted by Crippen LogP contribution is -2.18. The normalized spacial score (nSPS) is 11.2. The Labute approximate surface area is 165 Å². The average molecular weight is 375 g/mol. The number of anilines is 2. The molecule has 1 aromatic heterocycles. The van der Waals surface area contributed by atoms with Crippen LogP contribution in [0, 0.1) is 0 Å². The molecule has 0 spiro atoms. The standard InChI is InChI=1S/C22H25N5O/c1-27(16-17-6-4-8-19(23)14-17)13-3-2-10-22(28)25-20-9-5-7-18(15-20)21-11-12-24-26-21/h2-9,11-12,14-15H,10,13,16,23H2,1H3,(H,24,26)(H,25,28)/b3-2+. The maximum absolute atomic E-state index is 12.2. The van der Waals surface area contributed by atoms with Crippen LogP contribution in [0.4, 0.5) is 11.4 Å². The van der Waals surface area contributed by atoms with Crippen molar-refractivity contribution in [3.63, 3.8) is 0 Å². The van der Waals surface area contributed by atoms with Crippen LogP contribution in [0.1, 0.15) is 12.0 Å². The third-order valence-corrected chi connectivity index (χ3v) is 4.25. The summed E-state index contributed by atoms with van der Waals surface area (Å²) in [6.45, 7) is 1.57. The second-order valence-electron chi connectivity index (χ2n) is 6.72. The minimum Gasteiger partial charge on any atom is -0.399 e. The van der Waals surface area contributed by atoms with Gasteiger partial charge in [-0.2, -0.15) is 5.10 Å². The molecule has 0 saturated carbocycles. The van der Waals surface area contributed by atoms with Gasteiger partial charge in [0, 0.05) is 42.6 Å². The Morgan fingerprint density at radius 3 is 2.82 bits per heavy atom. The number of H-pyrrole nitrogens is 1. The number of carbonyl (C=O) groups is 1. The fourth-order valence-corrected chi connectivity index (χ4v) is 2.91. The summed E-state index contributed by atoms with van der Waals surface area (Å²) < 4.78 is 0. The number of aromatic nitrogens is 2. The van der Waals surface area contributed by atoms with Crippen LogP contribution in [0.2, 0.25) is 0 Å². The number of amides is 1. The Kier molecular flexibility index (Phi) is 6.59. The van der Waals surface area contributed by atoms with Crippen molar-refractivity contribution in [2.24, 2.45) is 0 Å². The quantitative estimate of drug-likeness (QED) is 0.414. The predicted octanol–water partition coefficient (Wildman–Crippen LogP) is 3.68. The summed E-state index contributed by atoms with van der Waals surface area (Å²) in [4.78, 5) is 14.3. The van der Waals surface area contributed by atoms with Gasteiger partial charge in [0.25, 0.3) is 0 Å². The molecular formula is C22H25N5O. The lowest BCUT2D eigenvalue weighted by Gasteiger charge is -2.14. The Morgan fingerprint density at radius 1 is 1.18 bits per heavy atom. The average Bonchev–Trinajstić information content (AvgIpc) is 3.20. The van der Waals surface area contributed by atoms with Gasteiger partial charge in [-0.25, -0.2) is 0 Å². The fourth-order valence-electron chi connectivity index (χ4n) is 2.91. The third-order valence-electron chi connectivity index (χ3n) is 4.25. The highest BCUT2D eigenvalue weighted by Gasteiger charge is 2.04. The second kappa shape index (κ2) is 9.53. The minimum absolute atomic E-state index is 0.0449. The maximum atomic E-state index is 12.2. The molecule has 6 heteroatoms. The van der Waals surface area contributed by atoms with Crippen LogP contribution in [0.15, 0.2) is 72.9 Å². The SMILES string of the molecule is CN(C/C=C/CC(=O)Nc1cccc(-c2ccn[nH]2)c1)Cc1cccc(N)c1. The first kappa shape index (κ1) is 19.4. The van der Waals surface area contributed by atoms with Crippen molar-refractivity contribution in [3.8, 4) is 11.3 Å². The van der Waals surface area contributed by atoms with E-state index in [0.29, 0.717) is 6.42 Å². The van der Waals surface area contributed by atoms with Crippen LogP contribution in [0.5, 0.6) is 0 Å².